The number of nitrogens with one attached hydrogen (secondary N) is 1. The summed E-state index contributed by atoms with van der Waals surface area (Å²) in [6.45, 7) is 1.38. The minimum absolute atomic E-state index is 0.129. The minimum Gasteiger partial charge on any atom is -0.368 e. The lowest BCUT2D eigenvalue weighted by molar-refractivity contribution is -0.122. The molecule has 2 aliphatic heterocycles. The van der Waals surface area contributed by atoms with Gasteiger partial charge in [-0.15, -0.1) is 0 Å². The first-order valence-electron chi connectivity index (χ1n) is 10.6. The van der Waals surface area contributed by atoms with E-state index in [-0.39, 0.29) is 30.0 Å². The highest BCUT2D eigenvalue weighted by atomic mass is 16.2. The summed E-state index contributed by atoms with van der Waals surface area (Å²) in [5.74, 6) is -1.24. The number of primary amides is 2. The van der Waals surface area contributed by atoms with Crippen molar-refractivity contribution in [2.24, 2.45) is 16.6 Å². The molecule has 2 aromatic carbocycles. The normalized spacial score (nSPS) is 20.8. The smallest absolute Gasteiger partial charge is 0.271 e. The van der Waals surface area contributed by atoms with Crippen LogP contribution in [0.15, 0.2) is 59.7 Å². The molecule has 2 heterocycles. The van der Waals surface area contributed by atoms with Gasteiger partial charge in [-0.3, -0.25) is 24.3 Å². The van der Waals surface area contributed by atoms with E-state index in [1.807, 2.05) is 48.5 Å². The third-order valence-corrected chi connectivity index (χ3v) is 5.78. The minimum atomic E-state index is -0.717. The zero-order valence-corrected chi connectivity index (χ0v) is 17.6. The van der Waals surface area contributed by atoms with Gasteiger partial charge in [0.1, 0.15) is 11.8 Å². The molecule has 0 bridgehead atoms. The molecule has 9 heteroatoms. The molecule has 5 N–H and O–H groups in total. The largest absolute Gasteiger partial charge is 0.368 e. The highest BCUT2D eigenvalue weighted by Crippen LogP contribution is 2.25. The number of anilines is 2. The molecule has 0 spiro atoms. The van der Waals surface area contributed by atoms with E-state index in [0.717, 1.165) is 24.9 Å². The number of hydrogen-bond acceptors (Lipinski definition) is 6. The number of para-hydroxylation sites is 1. The summed E-state index contributed by atoms with van der Waals surface area (Å²) in [7, 11) is 0. The van der Waals surface area contributed by atoms with Gasteiger partial charge in [0, 0.05) is 18.7 Å². The lowest BCUT2D eigenvalue weighted by Gasteiger charge is -2.22. The van der Waals surface area contributed by atoms with Crippen LogP contribution in [0.3, 0.4) is 0 Å². The van der Waals surface area contributed by atoms with Crippen LogP contribution in [0, 0.1) is 0 Å². The van der Waals surface area contributed by atoms with Crippen molar-refractivity contribution in [1.82, 2.24) is 4.90 Å². The second-order valence-corrected chi connectivity index (χ2v) is 8.03. The van der Waals surface area contributed by atoms with Crippen molar-refractivity contribution in [1.29, 1.82) is 0 Å². The lowest BCUT2D eigenvalue weighted by atomic mass is 10.1. The van der Waals surface area contributed by atoms with Gasteiger partial charge in [-0.2, -0.15) is 5.10 Å². The molecule has 2 atom stereocenters. The molecule has 0 aliphatic carbocycles. The van der Waals surface area contributed by atoms with Gasteiger partial charge < -0.3 is 16.8 Å². The fraction of sp³-hybridized carbons (Fsp3) is 0.304. The van der Waals surface area contributed by atoms with Crippen molar-refractivity contribution in [3.63, 3.8) is 0 Å². The van der Waals surface area contributed by atoms with Gasteiger partial charge in [0.2, 0.25) is 11.8 Å². The molecule has 0 saturated carbocycles. The van der Waals surface area contributed by atoms with E-state index in [1.165, 1.54) is 5.01 Å². The first-order chi connectivity index (χ1) is 15.4. The highest BCUT2D eigenvalue weighted by Gasteiger charge is 2.35. The van der Waals surface area contributed by atoms with Gasteiger partial charge in [-0.25, -0.2) is 0 Å². The Bertz CT molecular complexity index is 1050. The Morgan fingerprint density at radius 3 is 2.47 bits per heavy atom. The molecule has 2 unspecified atom stereocenters. The van der Waals surface area contributed by atoms with E-state index in [0.29, 0.717) is 17.9 Å². The Morgan fingerprint density at radius 1 is 1.00 bits per heavy atom. The van der Waals surface area contributed by atoms with Crippen LogP contribution in [0.4, 0.5) is 11.4 Å². The molecule has 4 rings (SSSR count). The van der Waals surface area contributed by atoms with Crippen LogP contribution in [0.25, 0.3) is 0 Å². The number of carbonyl (C=O) groups excluding carboxylic acids is 3. The number of hydrazone groups is 1. The van der Waals surface area contributed by atoms with Crippen molar-refractivity contribution >= 4 is 34.8 Å². The van der Waals surface area contributed by atoms with Crippen LogP contribution in [-0.2, 0) is 20.9 Å². The number of amides is 3. The van der Waals surface area contributed by atoms with E-state index in [4.69, 9.17) is 11.5 Å². The first-order valence-corrected chi connectivity index (χ1v) is 10.6. The van der Waals surface area contributed by atoms with E-state index in [9.17, 15) is 14.4 Å². The Balaban J connectivity index is 1.46. The van der Waals surface area contributed by atoms with Crippen molar-refractivity contribution in [3.05, 3.63) is 60.2 Å². The molecule has 32 heavy (non-hydrogen) atoms. The van der Waals surface area contributed by atoms with Crippen molar-refractivity contribution in [2.45, 2.75) is 37.9 Å². The predicted molar refractivity (Wildman–Crippen MR) is 122 cm³/mol. The predicted octanol–water partition coefficient (Wildman–Crippen LogP) is 1.19. The summed E-state index contributed by atoms with van der Waals surface area (Å²) in [5.41, 5.74) is 13.5. The number of hydrogen-bond donors (Lipinski definition) is 3. The van der Waals surface area contributed by atoms with Crippen LogP contribution in [-0.4, -0.2) is 47.0 Å². The number of nitrogens with zero attached hydrogens (tertiary/aromatic N) is 3. The molecular weight excluding hydrogens is 408 g/mol. The molecule has 0 radical (unpaired) electrons. The summed E-state index contributed by atoms with van der Waals surface area (Å²) in [4.78, 5) is 38.5. The number of likely N-dealkylation sites (tertiary alicyclic amines) is 1. The Labute approximate surface area is 186 Å². The average molecular weight is 435 g/mol. The van der Waals surface area contributed by atoms with Gasteiger partial charge in [-0.05, 0) is 49.2 Å². The number of carbonyl (C=O) groups is 3. The molecule has 1 fully saturated rings. The Hall–Kier alpha value is -3.72. The van der Waals surface area contributed by atoms with Crippen LogP contribution < -0.4 is 21.8 Å². The molecule has 3 amide bonds. The topological polar surface area (TPSA) is 134 Å². The molecule has 9 nitrogen and oxygen atoms in total. The summed E-state index contributed by atoms with van der Waals surface area (Å²) in [5, 5.41) is 8.72. The maximum Gasteiger partial charge on any atom is 0.271 e. The third kappa shape index (κ3) is 4.62. The Morgan fingerprint density at radius 2 is 1.75 bits per heavy atom. The van der Waals surface area contributed by atoms with Crippen LogP contribution >= 0.6 is 0 Å². The van der Waals surface area contributed by atoms with E-state index in [1.54, 1.807) is 6.07 Å². The van der Waals surface area contributed by atoms with E-state index in [2.05, 4.69) is 15.3 Å². The molecule has 1 saturated heterocycles. The van der Waals surface area contributed by atoms with Crippen molar-refractivity contribution < 1.29 is 14.4 Å². The van der Waals surface area contributed by atoms with Crippen molar-refractivity contribution in [2.75, 3.05) is 16.9 Å². The van der Waals surface area contributed by atoms with E-state index < -0.39 is 11.9 Å². The second-order valence-electron chi connectivity index (χ2n) is 8.03. The van der Waals surface area contributed by atoms with Gasteiger partial charge in [-0.1, -0.05) is 30.3 Å². The average Bonchev–Trinajstić information content (AvgIpc) is 3.42. The summed E-state index contributed by atoms with van der Waals surface area (Å²) in [6, 6.07) is 15.6. The van der Waals surface area contributed by atoms with Crippen LogP contribution in [0.2, 0.25) is 0 Å². The number of rotatable bonds is 7. The SMILES string of the molecule is NC(=O)C1CCCN1Cc1cccc(NC(=O)C2=NN(c3ccccc3)C(C(N)=O)C2)c1. The summed E-state index contributed by atoms with van der Waals surface area (Å²) in [6.07, 6.45) is 1.83. The summed E-state index contributed by atoms with van der Waals surface area (Å²) < 4.78 is 0. The molecule has 2 aliphatic rings. The van der Waals surface area contributed by atoms with Gasteiger partial charge >= 0.3 is 0 Å². The van der Waals surface area contributed by atoms with E-state index >= 15 is 0 Å². The second kappa shape index (κ2) is 9.19. The maximum absolute atomic E-state index is 12.9. The zero-order chi connectivity index (χ0) is 22.7. The Kier molecular flexibility index (Phi) is 6.18. The monoisotopic (exact) mass is 434 g/mol. The molecular formula is C23H26N6O3. The number of benzene rings is 2. The van der Waals surface area contributed by atoms with Gasteiger partial charge in [0.25, 0.3) is 5.91 Å². The quantitative estimate of drug-likeness (QED) is 0.602. The fourth-order valence-corrected chi connectivity index (χ4v) is 4.21. The van der Waals surface area contributed by atoms with Crippen LogP contribution in [0.5, 0.6) is 0 Å². The fourth-order valence-electron chi connectivity index (χ4n) is 4.21. The summed E-state index contributed by atoms with van der Waals surface area (Å²) >= 11 is 0. The molecule has 2 aromatic rings. The third-order valence-electron chi connectivity index (χ3n) is 5.78. The van der Waals surface area contributed by atoms with Crippen molar-refractivity contribution in [3.8, 4) is 0 Å². The zero-order valence-electron chi connectivity index (χ0n) is 17.6. The van der Waals surface area contributed by atoms with Gasteiger partial charge in [0.15, 0.2) is 0 Å². The maximum atomic E-state index is 12.9. The number of nitrogens with two attached hydrogens (primary N) is 2. The van der Waals surface area contributed by atoms with Gasteiger partial charge in [0.05, 0.1) is 11.7 Å². The van der Waals surface area contributed by atoms with Crippen LogP contribution in [0.1, 0.15) is 24.8 Å². The lowest BCUT2D eigenvalue weighted by Crippen LogP contribution is -2.39. The molecule has 0 aromatic heterocycles. The highest BCUT2D eigenvalue weighted by molar-refractivity contribution is 6.44. The standard InChI is InChI=1S/C23H26N6O3/c24-21(30)19-10-5-11-28(19)14-15-6-4-7-16(12-15)26-23(32)18-13-20(22(25)31)29(27-18)17-8-2-1-3-9-17/h1-4,6-9,12,19-20H,5,10-11,13-14H2,(H2,24,30)(H2,25,31)(H,26,32). The first kappa shape index (κ1) is 21.5. The molecule has 166 valence electrons.